The van der Waals surface area contributed by atoms with E-state index in [1.807, 2.05) is 34.6 Å². The Hall–Kier alpha value is -1.59. The van der Waals surface area contributed by atoms with Gasteiger partial charge in [0, 0.05) is 46.4 Å². The van der Waals surface area contributed by atoms with Crippen molar-refractivity contribution >= 4 is 17.7 Å². The minimum atomic E-state index is -0.286. The lowest BCUT2D eigenvalue weighted by molar-refractivity contribution is -0.131. The summed E-state index contributed by atoms with van der Waals surface area (Å²) in [6, 6.07) is 0. The summed E-state index contributed by atoms with van der Waals surface area (Å²) in [6.07, 6.45) is 1.26. The summed E-state index contributed by atoms with van der Waals surface area (Å²) in [6.45, 7) is 10.8. The normalized spacial score (nSPS) is 12.7. The molecule has 0 radical (unpaired) electrons. The largest absolute Gasteiger partial charge is 0.356 e. The summed E-state index contributed by atoms with van der Waals surface area (Å²) in [5, 5.41) is 5.76. The number of hydrogen-bond acceptors (Lipinski definition) is 3. The first kappa shape index (κ1) is 22.4. The molecule has 0 spiro atoms. The summed E-state index contributed by atoms with van der Waals surface area (Å²) in [4.78, 5) is 37.0. The van der Waals surface area contributed by atoms with E-state index in [2.05, 4.69) is 10.6 Å². The van der Waals surface area contributed by atoms with Gasteiger partial charge in [0.25, 0.3) is 0 Å². The minimum absolute atomic E-state index is 0.0283. The van der Waals surface area contributed by atoms with E-state index >= 15 is 0 Å². The van der Waals surface area contributed by atoms with Gasteiger partial charge in [0.1, 0.15) is 0 Å². The van der Waals surface area contributed by atoms with Crippen molar-refractivity contribution < 1.29 is 14.4 Å². The third-order valence-electron chi connectivity index (χ3n) is 3.67. The average molecular weight is 341 g/mol. The molecule has 0 aromatic rings. The molecule has 2 N–H and O–H groups in total. The van der Waals surface area contributed by atoms with Gasteiger partial charge in [-0.15, -0.1) is 0 Å². The number of nitrogens with zero attached hydrogens (tertiary/aromatic N) is 1. The molecule has 24 heavy (non-hydrogen) atoms. The van der Waals surface area contributed by atoms with E-state index in [9.17, 15) is 14.4 Å². The van der Waals surface area contributed by atoms with Gasteiger partial charge in [0.05, 0.1) is 0 Å². The standard InChI is InChI=1S/C18H35N3O3/c1-13(2)8-15(22)19-11-14(3)9-16(23)20-12-18(4,5)10-17(24)21(6)7/h13-14H,8-12H2,1-7H3,(H,19,22)(H,20,23). The lowest BCUT2D eigenvalue weighted by atomic mass is 9.88. The highest BCUT2D eigenvalue weighted by Gasteiger charge is 2.24. The molecule has 1 atom stereocenters. The van der Waals surface area contributed by atoms with Gasteiger partial charge in [-0.2, -0.15) is 0 Å². The van der Waals surface area contributed by atoms with E-state index in [0.717, 1.165) is 0 Å². The van der Waals surface area contributed by atoms with Gasteiger partial charge in [-0.25, -0.2) is 0 Å². The first-order valence-electron chi connectivity index (χ1n) is 8.66. The lowest BCUT2D eigenvalue weighted by Gasteiger charge is -2.26. The second-order valence-corrected chi connectivity index (χ2v) is 8.12. The smallest absolute Gasteiger partial charge is 0.222 e. The van der Waals surface area contributed by atoms with E-state index < -0.39 is 0 Å². The van der Waals surface area contributed by atoms with Crippen LogP contribution in [0, 0.1) is 17.3 Å². The molecule has 0 aliphatic carbocycles. The highest BCUT2D eigenvalue weighted by molar-refractivity contribution is 5.78. The molecule has 3 amide bonds. The average Bonchev–Trinajstić information content (AvgIpc) is 2.42. The van der Waals surface area contributed by atoms with Crippen LogP contribution in [-0.4, -0.2) is 49.8 Å². The Labute approximate surface area is 146 Å². The maximum atomic E-state index is 12.0. The second-order valence-electron chi connectivity index (χ2n) is 8.12. The second kappa shape index (κ2) is 10.3. The molecule has 6 heteroatoms. The van der Waals surface area contributed by atoms with Gasteiger partial charge in [0.2, 0.25) is 17.7 Å². The fourth-order valence-electron chi connectivity index (χ4n) is 2.16. The molecule has 6 nitrogen and oxygen atoms in total. The fraction of sp³-hybridized carbons (Fsp3) is 0.833. The zero-order valence-corrected chi connectivity index (χ0v) is 16.4. The van der Waals surface area contributed by atoms with Crippen molar-refractivity contribution in [3.63, 3.8) is 0 Å². The molecule has 0 aromatic heterocycles. The van der Waals surface area contributed by atoms with Gasteiger partial charge in [-0.3, -0.25) is 14.4 Å². The van der Waals surface area contributed by atoms with Crippen LogP contribution in [0.4, 0.5) is 0 Å². The Morgan fingerprint density at radius 1 is 0.958 bits per heavy atom. The van der Waals surface area contributed by atoms with Crippen molar-refractivity contribution in [2.24, 2.45) is 17.3 Å². The number of carbonyl (C=O) groups is 3. The summed E-state index contributed by atoms with van der Waals surface area (Å²) in [7, 11) is 3.46. The summed E-state index contributed by atoms with van der Waals surface area (Å²) in [5.41, 5.74) is -0.286. The van der Waals surface area contributed by atoms with Crippen LogP contribution >= 0.6 is 0 Å². The van der Waals surface area contributed by atoms with E-state index in [4.69, 9.17) is 0 Å². The van der Waals surface area contributed by atoms with E-state index in [1.165, 1.54) is 0 Å². The maximum Gasteiger partial charge on any atom is 0.222 e. The van der Waals surface area contributed by atoms with E-state index in [0.29, 0.717) is 38.3 Å². The minimum Gasteiger partial charge on any atom is -0.356 e. The third kappa shape index (κ3) is 11.0. The quantitative estimate of drug-likeness (QED) is 0.636. The summed E-state index contributed by atoms with van der Waals surface area (Å²) < 4.78 is 0. The molecule has 0 saturated heterocycles. The maximum absolute atomic E-state index is 12.0. The highest BCUT2D eigenvalue weighted by Crippen LogP contribution is 2.20. The molecule has 0 heterocycles. The van der Waals surface area contributed by atoms with Crippen molar-refractivity contribution in [1.29, 1.82) is 0 Å². The lowest BCUT2D eigenvalue weighted by Crippen LogP contribution is -2.38. The SMILES string of the molecule is CC(C)CC(=O)NCC(C)CC(=O)NCC(C)(C)CC(=O)N(C)C. The van der Waals surface area contributed by atoms with Crippen LogP contribution in [0.1, 0.15) is 53.9 Å². The van der Waals surface area contributed by atoms with Crippen LogP contribution in [0.25, 0.3) is 0 Å². The molecule has 140 valence electrons. The Bertz CT molecular complexity index is 431. The van der Waals surface area contributed by atoms with Crippen LogP contribution in [0.5, 0.6) is 0 Å². The summed E-state index contributed by atoms with van der Waals surface area (Å²) >= 11 is 0. The van der Waals surface area contributed by atoms with Crippen molar-refractivity contribution in [2.45, 2.75) is 53.9 Å². The highest BCUT2D eigenvalue weighted by atomic mass is 16.2. The van der Waals surface area contributed by atoms with E-state index in [-0.39, 0.29) is 29.1 Å². The fourth-order valence-corrected chi connectivity index (χ4v) is 2.16. The Morgan fingerprint density at radius 2 is 1.50 bits per heavy atom. The van der Waals surface area contributed by atoms with Crippen LogP contribution in [0.3, 0.4) is 0 Å². The van der Waals surface area contributed by atoms with Crippen molar-refractivity contribution in [2.75, 3.05) is 27.2 Å². The molecule has 0 fully saturated rings. The van der Waals surface area contributed by atoms with Gasteiger partial charge < -0.3 is 15.5 Å². The molecule has 0 saturated carbocycles. The van der Waals surface area contributed by atoms with Crippen molar-refractivity contribution in [1.82, 2.24) is 15.5 Å². The zero-order valence-electron chi connectivity index (χ0n) is 16.4. The predicted molar refractivity (Wildman–Crippen MR) is 96.3 cm³/mol. The number of carbonyl (C=O) groups excluding carboxylic acids is 3. The topological polar surface area (TPSA) is 78.5 Å². The predicted octanol–water partition coefficient (Wildman–Crippen LogP) is 1.80. The monoisotopic (exact) mass is 341 g/mol. The number of nitrogens with one attached hydrogen (secondary N) is 2. The number of amides is 3. The van der Waals surface area contributed by atoms with Crippen LogP contribution in [-0.2, 0) is 14.4 Å². The van der Waals surface area contributed by atoms with Crippen molar-refractivity contribution in [3.05, 3.63) is 0 Å². The summed E-state index contributed by atoms with van der Waals surface area (Å²) in [5.74, 6) is 0.436. The third-order valence-corrected chi connectivity index (χ3v) is 3.67. The molecule has 1 unspecified atom stereocenters. The van der Waals surface area contributed by atoms with Crippen LogP contribution in [0.15, 0.2) is 0 Å². The van der Waals surface area contributed by atoms with Gasteiger partial charge in [-0.1, -0.05) is 34.6 Å². The van der Waals surface area contributed by atoms with Crippen molar-refractivity contribution in [3.8, 4) is 0 Å². The van der Waals surface area contributed by atoms with Gasteiger partial charge in [0.15, 0.2) is 0 Å². The molecule has 0 bridgehead atoms. The zero-order chi connectivity index (χ0) is 18.9. The molecular formula is C18H35N3O3. The molecule has 0 rings (SSSR count). The number of rotatable bonds is 10. The molecule has 0 aliphatic rings. The first-order chi connectivity index (χ1) is 10.9. The van der Waals surface area contributed by atoms with Crippen LogP contribution < -0.4 is 10.6 Å². The molecule has 0 aliphatic heterocycles. The number of hydrogen-bond donors (Lipinski definition) is 2. The Balaban J connectivity index is 4.11. The van der Waals surface area contributed by atoms with Gasteiger partial charge in [-0.05, 0) is 17.3 Å². The van der Waals surface area contributed by atoms with E-state index in [1.54, 1.807) is 19.0 Å². The molecular weight excluding hydrogens is 306 g/mol. The van der Waals surface area contributed by atoms with Crippen LogP contribution in [0.2, 0.25) is 0 Å². The Morgan fingerprint density at radius 3 is 2.00 bits per heavy atom. The van der Waals surface area contributed by atoms with Gasteiger partial charge >= 0.3 is 0 Å². The molecule has 0 aromatic carbocycles. The first-order valence-corrected chi connectivity index (χ1v) is 8.66. The Kier molecular flexibility index (Phi) is 9.63.